The van der Waals surface area contributed by atoms with E-state index in [1.54, 1.807) is 6.20 Å². The highest BCUT2D eigenvalue weighted by molar-refractivity contribution is 7.88. The Morgan fingerprint density at radius 2 is 2.00 bits per heavy atom. The minimum atomic E-state index is -3.48. The molecule has 0 aliphatic rings. The van der Waals surface area contributed by atoms with E-state index in [4.69, 9.17) is 5.11 Å². The Morgan fingerprint density at radius 1 is 1.33 bits per heavy atom. The van der Waals surface area contributed by atoms with Gasteiger partial charge in [0, 0.05) is 17.6 Å². The van der Waals surface area contributed by atoms with Crippen molar-refractivity contribution in [2.75, 3.05) is 0 Å². The average molecular weight is 326 g/mol. The summed E-state index contributed by atoms with van der Waals surface area (Å²) >= 11 is 1.44. The van der Waals surface area contributed by atoms with E-state index < -0.39 is 16.0 Å². The molecule has 21 heavy (non-hydrogen) atoms. The molecule has 0 saturated heterocycles. The van der Waals surface area contributed by atoms with Gasteiger partial charge in [-0.25, -0.2) is 22.9 Å². The Labute approximate surface area is 126 Å². The number of aromatic nitrogens is 1. The molecule has 0 atom stereocenters. The minimum absolute atomic E-state index is 0.129. The summed E-state index contributed by atoms with van der Waals surface area (Å²) in [5.41, 5.74) is 0.664. The third-order valence-corrected chi connectivity index (χ3v) is 4.90. The van der Waals surface area contributed by atoms with Crippen LogP contribution >= 0.6 is 11.3 Å². The molecular formula is C13H14N2O4S2. The number of carboxylic acid groups (broad SMARTS) is 1. The van der Waals surface area contributed by atoms with Gasteiger partial charge in [0.05, 0.1) is 16.3 Å². The summed E-state index contributed by atoms with van der Waals surface area (Å²) in [5.74, 6) is -1.23. The van der Waals surface area contributed by atoms with Crippen LogP contribution in [0.3, 0.4) is 0 Å². The molecule has 0 unspecified atom stereocenters. The number of sulfonamides is 1. The van der Waals surface area contributed by atoms with Gasteiger partial charge in [-0.05, 0) is 24.6 Å². The fourth-order valence-corrected chi connectivity index (χ4v) is 3.62. The van der Waals surface area contributed by atoms with Crippen LogP contribution in [-0.4, -0.2) is 24.5 Å². The van der Waals surface area contributed by atoms with Crippen LogP contribution in [0.15, 0.2) is 30.5 Å². The van der Waals surface area contributed by atoms with Crippen molar-refractivity contribution in [1.82, 2.24) is 9.71 Å². The van der Waals surface area contributed by atoms with Crippen LogP contribution in [0, 0.1) is 6.92 Å². The fourth-order valence-electron chi connectivity index (χ4n) is 1.68. The van der Waals surface area contributed by atoms with E-state index in [2.05, 4.69) is 9.71 Å². The van der Waals surface area contributed by atoms with Crippen molar-refractivity contribution in [3.05, 3.63) is 51.5 Å². The minimum Gasteiger partial charge on any atom is -0.478 e. The Balaban J connectivity index is 1.98. The van der Waals surface area contributed by atoms with E-state index in [-0.39, 0.29) is 17.9 Å². The van der Waals surface area contributed by atoms with Gasteiger partial charge in [0.2, 0.25) is 10.0 Å². The van der Waals surface area contributed by atoms with Crippen molar-refractivity contribution in [1.29, 1.82) is 0 Å². The highest BCUT2D eigenvalue weighted by atomic mass is 32.2. The molecule has 6 nitrogen and oxygen atoms in total. The second kappa shape index (κ2) is 6.33. The van der Waals surface area contributed by atoms with Crippen LogP contribution < -0.4 is 4.72 Å². The molecule has 0 aliphatic carbocycles. The van der Waals surface area contributed by atoms with E-state index in [0.717, 1.165) is 9.88 Å². The molecule has 1 aromatic heterocycles. The lowest BCUT2D eigenvalue weighted by Crippen LogP contribution is -2.24. The lowest BCUT2D eigenvalue weighted by molar-refractivity contribution is 0.0697. The number of thiazole rings is 1. The molecule has 1 aromatic carbocycles. The number of hydrogen-bond acceptors (Lipinski definition) is 5. The number of nitrogens with one attached hydrogen (secondary N) is 1. The number of rotatable bonds is 6. The van der Waals surface area contributed by atoms with E-state index in [9.17, 15) is 13.2 Å². The normalized spacial score (nSPS) is 11.5. The zero-order chi connectivity index (χ0) is 15.5. The second-order valence-electron chi connectivity index (χ2n) is 4.43. The molecule has 0 spiro atoms. The van der Waals surface area contributed by atoms with Crippen molar-refractivity contribution < 1.29 is 18.3 Å². The molecule has 0 fully saturated rings. The van der Waals surface area contributed by atoms with Crippen molar-refractivity contribution >= 4 is 27.3 Å². The standard InChI is InChI=1S/C13H14N2O4S2/c1-9-14-6-12(20-9)7-15-21(18,19)8-10-2-4-11(5-3-10)13(16)17/h2-6,15H,7-8H2,1H3,(H,16,17). The Kier molecular flexibility index (Phi) is 4.71. The van der Waals surface area contributed by atoms with Crippen LogP contribution in [0.1, 0.15) is 25.8 Å². The fraction of sp³-hybridized carbons (Fsp3) is 0.231. The van der Waals surface area contributed by atoms with Crippen LogP contribution in [0.4, 0.5) is 0 Å². The molecule has 2 N–H and O–H groups in total. The summed E-state index contributed by atoms with van der Waals surface area (Å²) in [6.07, 6.45) is 1.64. The van der Waals surface area contributed by atoms with Crippen LogP contribution in [0.2, 0.25) is 0 Å². The van der Waals surface area contributed by atoms with Gasteiger partial charge in [-0.1, -0.05) is 12.1 Å². The number of nitrogens with zero attached hydrogens (tertiary/aromatic N) is 1. The molecular weight excluding hydrogens is 312 g/mol. The van der Waals surface area contributed by atoms with Crippen molar-refractivity contribution in [2.24, 2.45) is 0 Å². The predicted octanol–water partition coefficient (Wildman–Crippen LogP) is 1.77. The van der Waals surface area contributed by atoms with Crippen molar-refractivity contribution in [3.63, 3.8) is 0 Å². The van der Waals surface area contributed by atoms with Gasteiger partial charge in [0.15, 0.2) is 0 Å². The Hall–Kier alpha value is -1.77. The van der Waals surface area contributed by atoms with Crippen molar-refractivity contribution in [3.8, 4) is 0 Å². The van der Waals surface area contributed by atoms with Gasteiger partial charge in [-0.2, -0.15) is 0 Å². The number of carboxylic acids is 1. The zero-order valence-corrected chi connectivity index (χ0v) is 12.9. The first-order valence-corrected chi connectivity index (χ1v) is 8.53. The molecule has 112 valence electrons. The number of carbonyl (C=O) groups is 1. The molecule has 0 radical (unpaired) electrons. The maximum absolute atomic E-state index is 12.0. The molecule has 1 heterocycles. The second-order valence-corrected chi connectivity index (χ2v) is 7.55. The first kappa shape index (κ1) is 15.6. The SMILES string of the molecule is Cc1ncc(CNS(=O)(=O)Cc2ccc(C(=O)O)cc2)s1. The maximum atomic E-state index is 12.0. The van der Waals surface area contributed by atoms with E-state index in [1.807, 2.05) is 6.92 Å². The Morgan fingerprint density at radius 3 is 2.52 bits per heavy atom. The molecule has 0 bridgehead atoms. The lowest BCUT2D eigenvalue weighted by atomic mass is 10.1. The summed E-state index contributed by atoms with van der Waals surface area (Å²) < 4.78 is 26.4. The third-order valence-electron chi connectivity index (χ3n) is 2.69. The van der Waals surface area contributed by atoms with Gasteiger partial charge in [0.25, 0.3) is 0 Å². The molecule has 8 heteroatoms. The predicted molar refractivity (Wildman–Crippen MR) is 79.7 cm³/mol. The van der Waals surface area contributed by atoms with E-state index in [1.165, 1.54) is 35.6 Å². The summed E-state index contributed by atoms with van der Waals surface area (Å²) in [4.78, 5) is 15.6. The summed E-state index contributed by atoms with van der Waals surface area (Å²) in [6, 6.07) is 5.78. The quantitative estimate of drug-likeness (QED) is 0.843. The molecule has 0 amide bonds. The van der Waals surface area contributed by atoms with Gasteiger partial charge < -0.3 is 5.11 Å². The van der Waals surface area contributed by atoms with Gasteiger partial charge >= 0.3 is 5.97 Å². The Bertz CT molecular complexity index is 736. The van der Waals surface area contributed by atoms with E-state index in [0.29, 0.717) is 5.56 Å². The summed E-state index contributed by atoms with van der Waals surface area (Å²) in [7, 11) is -3.48. The number of benzene rings is 1. The average Bonchev–Trinajstić information content (AvgIpc) is 2.83. The number of hydrogen-bond donors (Lipinski definition) is 2. The first-order chi connectivity index (χ1) is 9.85. The molecule has 2 aromatic rings. The van der Waals surface area contributed by atoms with Crippen LogP contribution in [-0.2, 0) is 22.3 Å². The molecule has 0 saturated carbocycles. The van der Waals surface area contributed by atoms with Gasteiger partial charge in [-0.3, -0.25) is 0 Å². The largest absolute Gasteiger partial charge is 0.478 e. The highest BCUT2D eigenvalue weighted by Gasteiger charge is 2.12. The zero-order valence-electron chi connectivity index (χ0n) is 11.2. The smallest absolute Gasteiger partial charge is 0.335 e. The summed E-state index contributed by atoms with van der Waals surface area (Å²) in [6.45, 7) is 2.06. The van der Waals surface area contributed by atoms with Crippen LogP contribution in [0.5, 0.6) is 0 Å². The maximum Gasteiger partial charge on any atom is 0.335 e. The van der Waals surface area contributed by atoms with E-state index >= 15 is 0 Å². The third kappa shape index (κ3) is 4.62. The number of aromatic carboxylic acids is 1. The highest BCUT2D eigenvalue weighted by Crippen LogP contribution is 2.12. The van der Waals surface area contributed by atoms with Gasteiger partial charge in [0.1, 0.15) is 0 Å². The monoisotopic (exact) mass is 326 g/mol. The van der Waals surface area contributed by atoms with Crippen LogP contribution in [0.25, 0.3) is 0 Å². The van der Waals surface area contributed by atoms with Gasteiger partial charge in [-0.15, -0.1) is 11.3 Å². The number of aryl methyl sites for hydroxylation is 1. The van der Waals surface area contributed by atoms with Crippen molar-refractivity contribution in [2.45, 2.75) is 19.2 Å². The molecule has 2 rings (SSSR count). The molecule has 0 aliphatic heterocycles. The first-order valence-electron chi connectivity index (χ1n) is 6.06. The topological polar surface area (TPSA) is 96.4 Å². The summed E-state index contributed by atoms with van der Waals surface area (Å²) in [5, 5.41) is 9.67. The lowest BCUT2D eigenvalue weighted by Gasteiger charge is -2.06.